The van der Waals surface area contributed by atoms with E-state index in [1.54, 1.807) is 35.2 Å². The van der Waals surface area contributed by atoms with Crippen LogP contribution in [-0.2, 0) is 6.42 Å². The van der Waals surface area contributed by atoms with Gasteiger partial charge in [0.1, 0.15) is 5.58 Å². The van der Waals surface area contributed by atoms with Gasteiger partial charge in [0.2, 0.25) is 5.76 Å². The van der Waals surface area contributed by atoms with Gasteiger partial charge in [-0.25, -0.2) is 0 Å². The number of benzene rings is 3. The number of rotatable bonds is 4. The number of fused-ring (bicyclic) bond motifs is 2. The quantitative estimate of drug-likeness (QED) is 0.390. The van der Waals surface area contributed by atoms with Crippen LogP contribution in [0.25, 0.3) is 11.0 Å². The molecule has 0 radical (unpaired) electrons. The number of carbonyl (C=O) groups excluding carboxylic acids is 1. The minimum absolute atomic E-state index is 0.0814. The lowest BCUT2D eigenvalue weighted by Crippen LogP contribution is -2.31. The van der Waals surface area contributed by atoms with Crippen molar-refractivity contribution in [1.29, 1.82) is 0 Å². The molecule has 0 spiro atoms. The highest BCUT2D eigenvalue weighted by molar-refractivity contribution is 6.31. The summed E-state index contributed by atoms with van der Waals surface area (Å²) in [6, 6.07) is 21.4. The third-order valence-electron chi connectivity index (χ3n) is 5.58. The number of amides is 1. The summed E-state index contributed by atoms with van der Waals surface area (Å²) in [6.45, 7) is 0.431. The van der Waals surface area contributed by atoms with Gasteiger partial charge < -0.3 is 9.32 Å². The van der Waals surface area contributed by atoms with Crippen LogP contribution in [-0.4, -0.2) is 17.4 Å². The average molecular weight is 450 g/mol. The molecule has 4 nitrogen and oxygen atoms in total. The zero-order valence-corrected chi connectivity index (χ0v) is 17.9. The molecule has 4 aromatic rings. The van der Waals surface area contributed by atoms with Crippen molar-refractivity contribution in [2.24, 2.45) is 0 Å². The van der Waals surface area contributed by atoms with E-state index in [0.29, 0.717) is 39.5 Å². The Morgan fingerprint density at radius 3 is 2.42 bits per heavy atom. The Kier molecular flexibility index (Phi) is 5.05. The van der Waals surface area contributed by atoms with E-state index < -0.39 is 6.04 Å². The van der Waals surface area contributed by atoms with Gasteiger partial charge in [0.25, 0.3) is 5.91 Å². The van der Waals surface area contributed by atoms with Crippen LogP contribution in [0, 0.1) is 0 Å². The Balaban J connectivity index is 1.67. The van der Waals surface area contributed by atoms with E-state index in [9.17, 15) is 9.59 Å². The van der Waals surface area contributed by atoms with E-state index in [-0.39, 0.29) is 17.1 Å². The van der Waals surface area contributed by atoms with E-state index in [1.807, 2.05) is 42.5 Å². The second-order valence-electron chi connectivity index (χ2n) is 7.51. The number of hydrogen-bond acceptors (Lipinski definition) is 3. The Hall–Kier alpha value is -3.08. The van der Waals surface area contributed by atoms with Crippen LogP contribution < -0.4 is 5.43 Å². The molecule has 0 bridgehead atoms. The molecule has 0 saturated heterocycles. The first-order valence-electron chi connectivity index (χ1n) is 9.89. The molecule has 154 valence electrons. The largest absolute Gasteiger partial charge is 0.450 e. The van der Waals surface area contributed by atoms with Crippen molar-refractivity contribution in [2.75, 3.05) is 6.54 Å². The summed E-state index contributed by atoms with van der Waals surface area (Å²) in [6.07, 6.45) is 0.650. The molecule has 31 heavy (non-hydrogen) atoms. The highest BCUT2D eigenvalue weighted by atomic mass is 35.5. The lowest BCUT2D eigenvalue weighted by molar-refractivity contribution is 0.0730. The van der Waals surface area contributed by atoms with Crippen molar-refractivity contribution < 1.29 is 9.21 Å². The van der Waals surface area contributed by atoms with Crippen molar-refractivity contribution in [3.63, 3.8) is 0 Å². The number of hydrogen-bond donors (Lipinski definition) is 0. The van der Waals surface area contributed by atoms with Crippen molar-refractivity contribution in [1.82, 2.24) is 4.90 Å². The number of nitrogens with zero attached hydrogens (tertiary/aromatic N) is 1. The van der Waals surface area contributed by atoms with Crippen LogP contribution in [0.1, 0.15) is 33.3 Å². The second-order valence-corrected chi connectivity index (χ2v) is 8.38. The molecule has 0 fully saturated rings. The van der Waals surface area contributed by atoms with Crippen molar-refractivity contribution in [2.45, 2.75) is 12.5 Å². The SMILES string of the molecule is O=C1c2oc3ccc(Cl)cc3c(=O)c2C(c2cccc(Cl)c2)N1CCc1ccccc1. The van der Waals surface area contributed by atoms with E-state index in [2.05, 4.69) is 0 Å². The molecule has 1 aliphatic rings. The monoisotopic (exact) mass is 449 g/mol. The fourth-order valence-corrected chi connectivity index (χ4v) is 4.51. The molecule has 2 heterocycles. The molecule has 1 unspecified atom stereocenters. The fourth-order valence-electron chi connectivity index (χ4n) is 4.14. The lowest BCUT2D eigenvalue weighted by Gasteiger charge is -2.25. The fraction of sp³-hybridized carbons (Fsp3) is 0.120. The average Bonchev–Trinajstić information content (AvgIpc) is 3.05. The maximum atomic E-state index is 13.5. The molecular weight excluding hydrogens is 433 g/mol. The summed E-state index contributed by atoms with van der Waals surface area (Å²) in [5.41, 5.74) is 2.29. The van der Waals surface area contributed by atoms with E-state index in [1.165, 1.54) is 0 Å². The molecule has 0 N–H and O–H groups in total. The maximum Gasteiger partial charge on any atom is 0.290 e. The van der Waals surface area contributed by atoms with E-state index >= 15 is 0 Å². The molecule has 1 aliphatic heterocycles. The first-order valence-corrected chi connectivity index (χ1v) is 10.6. The Morgan fingerprint density at radius 2 is 1.65 bits per heavy atom. The van der Waals surface area contributed by atoms with Gasteiger partial charge in [0.15, 0.2) is 5.43 Å². The summed E-state index contributed by atoms with van der Waals surface area (Å²) >= 11 is 12.4. The van der Waals surface area contributed by atoms with E-state index in [4.69, 9.17) is 27.6 Å². The Labute approximate surface area is 188 Å². The van der Waals surface area contributed by atoms with Gasteiger partial charge in [-0.1, -0.05) is 65.7 Å². The van der Waals surface area contributed by atoms with Gasteiger partial charge in [-0.15, -0.1) is 0 Å². The standard InChI is InChI=1S/C25H17Cl2NO3/c26-17-8-4-7-16(13-17)22-21-23(29)19-14-18(27)9-10-20(19)31-24(21)25(30)28(22)12-11-15-5-2-1-3-6-15/h1-10,13-14,22H,11-12H2. The van der Waals surface area contributed by atoms with Crippen molar-refractivity contribution in [3.8, 4) is 0 Å². The number of carbonyl (C=O) groups is 1. The van der Waals surface area contributed by atoms with Crippen LogP contribution in [0.2, 0.25) is 10.0 Å². The highest BCUT2D eigenvalue weighted by Gasteiger charge is 2.42. The zero-order valence-electron chi connectivity index (χ0n) is 16.3. The minimum Gasteiger partial charge on any atom is -0.450 e. The molecule has 3 aromatic carbocycles. The summed E-state index contributed by atoms with van der Waals surface area (Å²) in [5, 5.41) is 1.33. The molecular formula is C25H17Cl2NO3. The molecule has 0 aliphatic carbocycles. The summed E-state index contributed by atoms with van der Waals surface area (Å²) in [7, 11) is 0. The topological polar surface area (TPSA) is 50.5 Å². The molecule has 5 rings (SSSR count). The molecule has 6 heteroatoms. The van der Waals surface area contributed by atoms with Gasteiger partial charge in [-0.3, -0.25) is 9.59 Å². The van der Waals surface area contributed by atoms with Gasteiger partial charge in [-0.05, 0) is 47.9 Å². The highest BCUT2D eigenvalue weighted by Crippen LogP contribution is 2.39. The van der Waals surface area contributed by atoms with Crippen molar-refractivity contribution in [3.05, 3.63) is 116 Å². The van der Waals surface area contributed by atoms with Gasteiger partial charge >= 0.3 is 0 Å². The predicted molar refractivity (Wildman–Crippen MR) is 122 cm³/mol. The molecule has 1 amide bonds. The minimum atomic E-state index is -0.579. The third kappa shape index (κ3) is 3.52. The normalized spacial score (nSPS) is 15.5. The van der Waals surface area contributed by atoms with E-state index in [0.717, 1.165) is 11.1 Å². The van der Waals surface area contributed by atoms with Crippen molar-refractivity contribution >= 4 is 40.1 Å². The molecule has 1 aromatic heterocycles. The van der Waals surface area contributed by atoms with Crippen LogP contribution in [0.15, 0.2) is 82.0 Å². The van der Waals surface area contributed by atoms with Crippen LogP contribution in [0.4, 0.5) is 0 Å². The first kappa shape index (κ1) is 19.9. The van der Waals surface area contributed by atoms with Gasteiger partial charge in [-0.2, -0.15) is 0 Å². The summed E-state index contributed by atoms with van der Waals surface area (Å²) < 4.78 is 5.93. The zero-order chi connectivity index (χ0) is 21.5. The van der Waals surface area contributed by atoms with Gasteiger partial charge in [0.05, 0.1) is 17.0 Å². The molecule has 0 saturated carbocycles. The van der Waals surface area contributed by atoms with Crippen LogP contribution in [0.5, 0.6) is 0 Å². The lowest BCUT2D eigenvalue weighted by atomic mass is 9.98. The molecule has 1 atom stereocenters. The number of halogens is 2. The van der Waals surface area contributed by atoms with Crippen LogP contribution >= 0.6 is 23.2 Å². The van der Waals surface area contributed by atoms with Gasteiger partial charge in [0, 0.05) is 16.6 Å². The van der Waals surface area contributed by atoms with Crippen LogP contribution in [0.3, 0.4) is 0 Å². The second kappa shape index (κ2) is 7.88. The summed E-state index contributed by atoms with van der Waals surface area (Å²) in [4.78, 5) is 28.5. The maximum absolute atomic E-state index is 13.5. The smallest absolute Gasteiger partial charge is 0.290 e. The predicted octanol–water partition coefficient (Wildman–Crippen LogP) is 5.89. The summed E-state index contributed by atoms with van der Waals surface area (Å²) in [5.74, 6) is -0.220. The Morgan fingerprint density at radius 1 is 0.871 bits per heavy atom. The third-order valence-corrected chi connectivity index (χ3v) is 6.05. The Bertz CT molecular complexity index is 1360. The first-order chi connectivity index (χ1) is 15.0.